The van der Waals surface area contributed by atoms with Gasteiger partial charge in [0.1, 0.15) is 0 Å². The van der Waals surface area contributed by atoms with E-state index in [4.69, 9.17) is 10.5 Å². The van der Waals surface area contributed by atoms with Gasteiger partial charge in [0.15, 0.2) is 5.96 Å². The molecule has 4 nitrogen and oxygen atoms in total. The molecule has 0 radical (unpaired) electrons. The number of hydrogen-bond donors (Lipinski definition) is 1. The molecule has 0 spiro atoms. The quantitative estimate of drug-likeness (QED) is 0.486. The third-order valence-corrected chi connectivity index (χ3v) is 2.19. The van der Waals surface area contributed by atoms with Crippen LogP contribution in [0, 0.1) is 0 Å². The van der Waals surface area contributed by atoms with E-state index in [0.29, 0.717) is 5.96 Å². The molecule has 1 heterocycles. The zero-order valence-electron chi connectivity index (χ0n) is 10.4. The minimum absolute atomic E-state index is 0.116. The van der Waals surface area contributed by atoms with E-state index < -0.39 is 0 Å². The Morgan fingerprint density at radius 1 is 1.27 bits per heavy atom. The number of hydrogen-bond acceptors (Lipinski definition) is 2. The molecule has 15 heavy (non-hydrogen) atoms. The van der Waals surface area contributed by atoms with E-state index in [9.17, 15) is 0 Å². The number of nitrogens with two attached hydrogens (primary N) is 1. The number of nitrogens with zero attached hydrogens (tertiary/aromatic N) is 2. The molecule has 0 aromatic rings. The number of ether oxygens (including phenoxy) is 1. The molecular weight excluding hydrogens is 190 g/mol. The van der Waals surface area contributed by atoms with Crippen molar-refractivity contribution in [3.05, 3.63) is 0 Å². The van der Waals surface area contributed by atoms with Crippen LogP contribution in [0.5, 0.6) is 0 Å². The van der Waals surface area contributed by atoms with Crippen LogP contribution < -0.4 is 5.73 Å². The summed E-state index contributed by atoms with van der Waals surface area (Å²) in [5, 5.41) is 0. The molecule has 0 aliphatic carbocycles. The maximum atomic E-state index is 5.98. The molecule has 1 aliphatic rings. The van der Waals surface area contributed by atoms with Gasteiger partial charge < -0.3 is 15.4 Å². The van der Waals surface area contributed by atoms with E-state index >= 15 is 0 Å². The van der Waals surface area contributed by atoms with E-state index in [1.807, 2.05) is 20.8 Å². The van der Waals surface area contributed by atoms with Crippen LogP contribution in [0.1, 0.15) is 34.6 Å². The first-order chi connectivity index (χ1) is 6.78. The molecule has 2 unspecified atom stereocenters. The fourth-order valence-corrected chi connectivity index (χ4v) is 1.78. The Hall–Kier alpha value is -0.770. The van der Waals surface area contributed by atoms with E-state index in [-0.39, 0.29) is 17.7 Å². The first-order valence-corrected chi connectivity index (χ1v) is 5.53. The molecule has 0 saturated carbocycles. The van der Waals surface area contributed by atoms with Crippen LogP contribution in [-0.2, 0) is 4.74 Å². The fraction of sp³-hybridized carbons (Fsp3) is 0.909. The lowest BCUT2D eigenvalue weighted by Crippen LogP contribution is -2.51. The van der Waals surface area contributed by atoms with Crippen molar-refractivity contribution < 1.29 is 4.74 Å². The smallest absolute Gasteiger partial charge is 0.191 e. The molecular formula is C11H23N3O. The predicted molar refractivity (Wildman–Crippen MR) is 63.0 cm³/mol. The van der Waals surface area contributed by atoms with Crippen molar-refractivity contribution in [1.29, 1.82) is 0 Å². The Morgan fingerprint density at radius 2 is 1.73 bits per heavy atom. The summed E-state index contributed by atoms with van der Waals surface area (Å²) in [5.74, 6) is 0.629. The third kappa shape index (κ3) is 4.08. The lowest BCUT2D eigenvalue weighted by atomic mass is 10.1. The standard InChI is InChI=1S/C11H23N3O/c1-8-6-14(7-9(2)15-8)10(12)13-11(3,4)5/h8-9H,6-7H2,1-5H3,(H2,12,13). The van der Waals surface area contributed by atoms with Gasteiger partial charge in [-0.1, -0.05) is 0 Å². The van der Waals surface area contributed by atoms with Crippen LogP contribution in [0.4, 0.5) is 0 Å². The van der Waals surface area contributed by atoms with Gasteiger partial charge in [-0.3, -0.25) is 0 Å². The average molecular weight is 213 g/mol. The summed E-state index contributed by atoms with van der Waals surface area (Å²) in [4.78, 5) is 6.57. The maximum absolute atomic E-state index is 5.98. The SMILES string of the molecule is CC1CN(C(N)=NC(C)(C)C)CC(C)O1. The molecule has 1 rings (SSSR count). The summed E-state index contributed by atoms with van der Waals surface area (Å²) in [6, 6.07) is 0. The van der Waals surface area contributed by atoms with E-state index in [1.165, 1.54) is 0 Å². The van der Waals surface area contributed by atoms with Gasteiger partial charge in [-0.25, -0.2) is 4.99 Å². The Bertz CT molecular complexity index is 235. The van der Waals surface area contributed by atoms with Gasteiger partial charge in [0.2, 0.25) is 0 Å². The molecule has 2 atom stereocenters. The van der Waals surface area contributed by atoms with Crippen molar-refractivity contribution in [2.75, 3.05) is 13.1 Å². The summed E-state index contributed by atoms with van der Waals surface area (Å²) in [5.41, 5.74) is 5.86. The van der Waals surface area contributed by atoms with Crippen LogP contribution in [0.2, 0.25) is 0 Å². The third-order valence-electron chi connectivity index (χ3n) is 2.19. The molecule has 2 N–H and O–H groups in total. The number of guanidine groups is 1. The first-order valence-electron chi connectivity index (χ1n) is 5.53. The Morgan fingerprint density at radius 3 is 2.13 bits per heavy atom. The van der Waals surface area contributed by atoms with Crippen molar-refractivity contribution in [2.24, 2.45) is 10.7 Å². The number of morpholine rings is 1. The second-order valence-corrected chi connectivity index (χ2v) is 5.30. The highest BCUT2D eigenvalue weighted by molar-refractivity contribution is 5.78. The minimum Gasteiger partial charge on any atom is -0.372 e. The fourth-order valence-electron chi connectivity index (χ4n) is 1.78. The van der Waals surface area contributed by atoms with Crippen LogP contribution in [0.25, 0.3) is 0 Å². The minimum atomic E-state index is -0.116. The number of aliphatic imine (C=N–C) groups is 1. The monoisotopic (exact) mass is 213 g/mol. The van der Waals surface area contributed by atoms with Gasteiger partial charge in [-0.15, -0.1) is 0 Å². The molecule has 1 fully saturated rings. The Labute approximate surface area is 92.5 Å². The van der Waals surface area contributed by atoms with Gasteiger partial charge in [-0.05, 0) is 34.6 Å². The summed E-state index contributed by atoms with van der Waals surface area (Å²) < 4.78 is 5.64. The summed E-state index contributed by atoms with van der Waals surface area (Å²) in [7, 11) is 0. The lowest BCUT2D eigenvalue weighted by molar-refractivity contribution is -0.0485. The molecule has 4 heteroatoms. The van der Waals surface area contributed by atoms with Crippen molar-refractivity contribution in [1.82, 2.24) is 4.90 Å². The predicted octanol–water partition coefficient (Wildman–Crippen LogP) is 1.21. The number of rotatable bonds is 0. The van der Waals surface area contributed by atoms with Crippen LogP contribution in [0.3, 0.4) is 0 Å². The molecule has 0 aromatic heterocycles. The van der Waals surface area contributed by atoms with Crippen molar-refractivity contribution in [3.8, 4) is 0 Å². The Kier molecular flexibility index (Phi) is 3.60. The van der Waals surface area contributed by atoms with Gasteiger partial charge in [0.25, 0.3) is 0 Å². The zero-order chi connectivity index (χ0) is 11.6. The maximum Gasteiger partial charge on any atom is 0.191 e. The van der Waals surface area contributed by atoms with Crippen molar-refractivity contribution in [3.63, 3.8) is 0 Å². The zero-order valence-corrected chi connectivity index (χ0v) is 10.4. The van der Waals surface area contributed by atoms with E-state index in [0.717, 1.165) is 13.1 Å². The van der Waals surface area contributed by atoms with E-state index in [1.54, 1.807) is 0 Å². The topological polar surface area (TPSA) is 50.8 Å². The lowest BCUT2D eigenvalue weighted by Gasteiger charge is -2.36. The Balaban J connectivity index is 2.67. The van der Waals surface area contributed by atoms with Gasteiger partial charge >= 0.3 is 0 Å². The molecule has 1 aliphatic heterocycles. The molecule has 0 amide bonds. The van der Waals surface area contributed by atoms with Gasteiger partial charge in [0.05, 0.1) is 17.7 Å². The highest BCUT2D eigenvalue weighted by atomic mass is 16.5. The molecule has 1 saturated heterocycles. The molecule has 88 valence electrons. The van der Waals surface area contributed by atoms with Crippen LogP contribution in [0.15, 0.2) is 4.99 Å². The first kappa shape index (κ1) is 12.3. The normalized spacial score (nSPS) is 29.4. The van der Waals surface area contributed by atoms with Gasteiger partial charge in [-0.2, -0.15) is 0 Å². The van der Waals surface area contributed by atoms with Crippen molar-refractivity contribution >= 4 is 5.96 Å². The van der Waals surface area contributed by atoms with Gasteiger partial charge in [0, 0.05) is 13.1 Å². The highest BCUT2D eigenvalue weighted by Gasteiger charge is 2.24. The summed E-state index contributed by atoms with van der Waals surface area (Å²) in [6.07, 6.45) is 0.449. The molecule has 0 bridgehead atoms. The molecule has 0 aromatic carbocycles. The average Bonchev–Trinajstić information content (AvgIpc) is 1.98. The van der Waals surface area contributed by atoms with E-state index in [2.05, 4.69) is 23.7 Å². The second-order valence-electron chi connectivity index (χ2n) is 5.30. The van der Waals surface area contributed by atoms with Crippen LogP contribution in [-0.4, -0.2) is 41.7 Å². The highest BCUT2D eigenvalue weighted by Crippen LogP contribution is 2.12. The largest absolute Gasteiger partial charge is 0.372 e. The summed E-state index contributed by atoms with van der Waals surface area (Å²) >= 11 is 0. The van der Waals surface area contributed by atoms with Crippen molar-refractivity contribution in [2.45, 2.75) is 52.4 Å². The summed E-state index contributed by atoms with van der Waals surface area (Å²) in [6.45, 7) is 11.9. The van der Waals surface area contributed by atoms with Crippen LogP contribution >= 0.6 is 0 Å². The second kappa shape index (κ2) is 4.39.